The summed E-state index contributed by atoms with van der Waals surface area (Å²) in [5, 5.41) is 27.5. The molecule has 1 aromatic heterocycles. The number of benzene rings is 2. The second kappa shape index (κ2) is 7.05. The molecule has 5 aliphatic rings. The van der Waals surface area contributed by atoms with Crippen LogP contribution in [-0.4, -0.2) is 62.9 Å². The molecule has 7 heteroatoms. The van der Waals surface area contributed by atoms with E-state index in [1.807, 2.05) is 30.3 Å². The number of rotatable bonds is 4. The monoisotopic (exact) mass is 485 g/mol. The smallest absolute Gasteiger partial charge is 0.253 e. The molecule has 186 valence electrons. The van der Waals surface area contributed by atoms with Crippen molar-refractivity contribution in [2.75, 3.05) is 13.1 Å². The first-order chi connectivity index (χ1) is 17.5. The first-order valence-electron chi connectivity index (χ1n) is 13.3. The summed E-state index contributed by atoms with van der Waals surface area (Å²) >= 11 is 0. The number of fused-ring (bicyclic) bond motifs is 1. The summed E-state index contributed by atoms with van der Waals surface area (Å²) in [5.74, 6) is 1.25. The Hall–Kier alpha value is -3.03. The lowest BCUT2D eigenvalue weighted by Crippen LogP contribution is -2.78. The number of H-pyrrole nitrogens is 1. The normalized spacial score (nSPS) is 34.3. The molecule has 1 amide bonds. The van der Waals surface area contributed by atoms with Crippen molar-refractivity contribution in [3.8, 4) is 11.5 Å². The van der Waals surface area contributed by atoms with E-state index in [9.17, 15) is 15.0 Å². The third-order valence-electron chi connectivity index (χ3n) is 9.91. The van der Waals surface area contributed by atoms with Crippen molar-refractivity contribution in [2.45, 2.75) is 67.7 Å². The molecule has 2 saturated carbocycles. The van der Waals surface area contributed by atoms with Gasteiger partial charge in [-0.1, -0.05) is 24.3 Å². The first-order valence-corrected chi connectivity index (χ1v) is 13.3. The van der Waals surface area contributed by atoms with Crippen LogP contribution in [0, 0.1) is 5.92 Å². The molecule has 36 heavy (non-hydrogen) atoms. The summed E-state index contributed by atoms with van der Waals surface area (Å²) in [5.41, 5.74) is 2.13. The number of amides is 1. The topological polar surface area (TPSA) is 97.8 Å². The molecule has 2 bridgehead atoms. The number of aromatic nitrogens is 1. The summed E-state index contributed by atoms with van der Waals surface area (Å²) in [6.07, 6.45) is 6.69. The molecule has 2 aromatic carbocycles. The molecule has 4 N–H and O–H groups in total. The summed E-state index contributed by atoms with van der Waals surface area (Å²) in [6.45, 7) is 1.95. The fourth-order valence-electron chi connectivity index (χ4n) is 8.13. The molecular formula is C29H31N3O4. The van der Waals surface area contributed by atoms with Gasteiger partial charge in [-0.25, -0.2) is 0 Å². The van der Waals surface area contributed by atoms with Crippen LogP contribution < -0.4 is 10.1 Å². The Morgan fingerprint density at radius 2 is 2.03 bits per heavy atom. The number of likely N-dealkylation sites (tertiary alicyclic amines) is 1. The van der Waals surface area contributed by atoms with Crippen molar-refractivity contribution in [3.63, 3.8) is 0 Å². The van der Waals surface area contributed by atoms with Gasteiger partial charge in [-0.3, -0.25) is 9.69 Å². The van der Waals surface area contributed by atoms with Crippen LogP contribution in [0.15, 0.2) is 42.6 Å². The third kappa shape index (κ3) is 2.57. The van der Waals surface area contributed by atoms with Gasteiger partial charge in [0.1, 0.15) is 6.10 Å². The lowest BCUT2D eigenvalue weighted by molar-refractivity contribution is -0.191. The average molecular weight is 486 g/mol. The molecule has 7 nitrogen and oxygen atoms in total. The number of aromatic amines is 1. The maximum absolute atomic E-state index is 13.5. The van der Waals surface area contributed by atoms with E-state index in [0.29, 0.717) is 24.2 Å². The predicted octanol–water partition coefficient (Wildman–Crippen LogP) is 3.24. The van der Waals surface area contributed by atoms with Gasteiger partial charge in [0.05, 0.1) is 22.6 Å². The fraction of sp³-hybridized carbons (Fsp3) is 0.483. The van der Waals surface area contributed by atoms with Crippen molar-refractivity contribution in [1.82, 2.24) is 15.2 Å². The number of nitrogens with zero attached hydrogens (tertiary/aromatic N) is 1. The van der Waals surface area contributed by atoms with Gasteiger partial charge >= 0.3 is 0 Å². The van der Waals surface area contributed by atoms with Crippen LogP contribution in [0.5, 0.6) is 11.5 Å². The lowest BCUT2D eigenvalue weighted by Gasteiger charge is -2.64. The van der Waals surface area contributed by atoms with Gasteiger partial charge in [0.2, 0.25) is 0 Å². The van der Waals surface area contributed by atoms with Crippen molar-refractivity contribution >= 4 is 16.8 Å². The van der Waals surface area contributed by atoms with Gasteiger partial charge in [-0.05, 0) is 68.7 Å². The Morgan fingerprint density at radius 1 is 1.17 bits per heavy atom. The highest BCUT2D eigenvalue weighted by molar-refractivity contribution is 6.06. The van der Waals surface area contributed by atoms with Crippen LogP contribution in [0.2, 0.25) is 0 Å². The van der Waals surface area contributed by atoms with E-state index in [-0.39, 0.29) is 23.7 Å². The molecule has 3 aromatic rings. The van der Waals surface area contributed by atoms with Crippen molar-refractivity contribution in [1.29, 1.82) is 0 Å². The Labute approximate surface area is 209 Å². The van der Waals surface area contributed by atoms with Gasteiger partial charge < -0.3 is 25.3 Å². The zero-order chi connectivity index (χ0) is 24.2. The molecule has 0 unspecified atom stereocenters. The summed E-state index contributed by atoms with van der Waals surface area (Å²) < 4.78 is 6.57. The number of para-hydroxylation sites is 1. The van der Waals surface area contributed by atoms with Gasteiger partial charge in [-0.15, -0.1) is 0 Å². The quantitative estimate of drug-likeness (QED) is 0.455. The first kappa shape index (κ1) is 21.1. The summed E-state index contributed by atoms with van der Waals surface area (Å²) in [4.78, 5) is 19.2. The van der Waals surface area contributed by atoms with Crippen LogP contribution in [0.25, 0.3) is 10.9 Å². The van der Waals surface area contributed by atoms with Crippen LogP contribution in [0.1, 0.15) is 53.6 Å². The lowest BCUT2D eigenvalue weighted by atomic mass is 9.48. The zero-order valence-electron chi connectivity index (χ0n) is 20.2. The molecule has 0 radical (unpaired) electrons. The maximum atomic E-state index is 13.5. The number of carbonyl (C=O) groups excluding carboxylic acids is 1. The number of aliphatic hydroxyl groups is 1. The van der Waals surface area contributed by atoms with Gasteiger partial charge in [0.25, 0.3) is 5.91 Å². The minimum atomic E-state index is -0.946. The Balaban J connectivity index is 1.20. The number of carbonyl (C=O) groups is 1. The second-order valence-corrected chi connectivity index (χ2v) is 11.7. The minimum Gasteiger partial charge on any atom is -0.504 e. The van der Waals surface area contributed by atoms with Crippen LogP contribution in [0.3, 0.4) is 0 Å². The Morgan fingerprint density at radius 3 is 2.89 bits per heavy atom. The molecule has 5 atom stereocenters. The summed E-state index contributed by atoms with van der Waals surface area (Å²) in [7, 11) is 0. The maximum Gasteiger partial charge on any atom is 0.253 e. The average Bonchev–Trinajstić information content (AvgIpc) is 3.46. The molecule has 1 spiro atoms. The van der Waals surface area contributed by atoms with Gasteiger partial charge in [0, 0.05) is 35.2 Å². The number of ether oxygens (including phenoxy) is 1. The largest absolute Gasteiger partial charge is 0.504 e. The van der Waals surface area contributed by atoms with E-state index in [2.05, 4.69) is 15.2 Å². The molecule has 3 fully saturated rings. The molecule has 8 rings (SSSR count). The van der Waals surface area contributed by atoms with E-state index >= 15 is 0 Å². The molecular weight excluding hydrogens is 454 g/mol. The van der Waals surface area contributed by atoms with Crippen LogP contribution in [-0.2, 0) is 11.8 Å². The minimum absolute atomic E-state index is 0.0335. The molecule has 3 aliphatic carbocycles. The van der Waals surface area contributed by atoms with Crippen LogP contribution >= 0.6 is 0 Å². The number of nitrogens with one attached hydrogen (secondary N) is 2. The molecule has 1 saturated heterocycles. The zero-order valence-corrected chi connectivity index (χ0v) is 20.2. The van der Waals surface area contributed by atoms with E-state index < -0.39 is 17.1 Å². The highest BCUT2D eigenvalue weighted by Gasteiger charge is 2.73. The number of piperidine rings is 1. The number of hydrogen-bond donors (Lipinski definition) is 4. The molecule has 2 aliphatic heterocycles. The fourth-order valence-corrected chi connectivity index (χ4v) is 8.13. The highest BCUT2D eigenvalue weighted by Crippen LogP contribution is 2.65. The number of hydrogen-bond acceptors (Lipinski definition) is 5. The van der Waals surface area contributed by atoms with E-state index in [1.165, 1.54) is 18.4 Å². The van der Waals surface area contributed by atoms with Crippen molar-refractivity contribution < 1.29 is 19.7 Å². The van der Waals surface area contributed by atoms with Gasteiger partial charge in [0.15, 0.2) is 11.5 Å². The summed E-state index contributed by atoms with van der Waals surface area (Å²) in [6, 6.07) is 11.3. The highest BCUT2D eigenvalue weighted by atomic mass is 16.5. The SMILES string of the molecule is O=C(N[C@@H]1CC[C@@]2(O)[C@H]3Cc4ccc(O)c5c4[C@@]2(CCN3CC2CC2)[C@H]1O5)c1c[nH]c2ccccc12. The third-order valence-corrected chi connectivity index (χ3v) is 9.91. The van der Waals surface area contributed by atoms with E-state index in [4.69, 9.17) is 4.74 Å². The standard InChI is InChI=1S/C29H31N3O4/c33-22-8-7-17-13-23-29(35)10-9-21(31-27(34)19-14-30-20-4-2-1-3-18(19)20)26-28(29,24(17)25(22)36-26)11-12-32(23)15-16-5-6-16/h1-4,7-8,14,16,21,23,26,30,33,35H,5-6,9-13,15H2,(H,31,34)/t21-,23-,26+,28+,29-/m1/s1. The number of phenolic OH excluding ortho intramolecular Hbond substituents is 1. The van der Waals surface area contributed by atoms with Crippen molar-refractivity contribution in [2.24, 2.45) is 5.92 Å². The Bertz CT molecular complexity index is 1410. The van der Waals surface area contributed by atoms with Crippen molar-refractivity contribution in [3.05, 3.63) is 59.3 Å². The molecule has 3 heterocycles. The number of phenols is 1. The van der Waals surface area contributed by atoms with E-state index in [0.717, 1.165) is 48.3 Å². The van der Waals surface area contributed by atoms with Crippen LogP contribution in [0.4, 0.5) is 0 Å². The second-order valence-electron chi connectivity index (χ2n) is 11.7. The van der Waals surface area contributed by atoms with Gasteiger partial charge in [-0.2, -0.15) is 0 Å². The van der Waals surface area contributed by atoms with E-state index in [1.54, 1.807) is 12.3 Å². The predicted molar refractivity (Wildman–Crippen MR) is 134 cm³/mol. The number of aromatic hydroxyl groups is 1. The Kier molecular flexibility index (Phi) is 4.13.